The van der Waals surface area contributed by atoms with Crippen LogP contribution < -0.4 is 0 Å². The highest BCUT2D eigenvalue weighted by Gasteiger charge is 2.06. The fourth-order valence-electron chi connectivity index (χ4n) is 2.53. The summed E-state index contributed by atoms with van der Waals surface area (Å²) in [5, 5.41) is 0.861. The Bertz CT molecular complexity index is 831. The second-order valence-electron chi connectivity index (χ2n) is 5.64. The summed E-state index contributed by atoms with van der Waals surface area (Å²) in [5.74, 6) is 6.60. The number of alkyl halides is 1. The quantitative estimate of drug-likeness (QED) is 0.414. The van der Waals surface area contributed by atoms with E-state index < -0.39 is 0 Å². The van der Waals surface area contributed by atoms with Gasteiger partial charge in [-0.15, -0.1) is 0 Å². The smallest absolute Gasteiger partial charge is 0.119 e. The predicted octanol–water partition coefficient (Wildman–Crippen LogP) is 5.20. The minimum Gasteiger partial charge on any atom is -0.361 e. The van der Waals surface area contributed by atoms with Gasteiger partial charge < -0.3 is 9.30 Å². The maximum absolute atomic E-state index is 6.01. The largest absolute Gasteiger partial charge is 0.361 e. The molecule has 3 aromatic rings. The molecule has 0 amide bonds. The number of nitrogens with zero attached hydrogens (tertiary/aromatic N) is 1. The van der Waals surface area contributed by atoms with Gasteiger partial charge in [-0.05, 0) is 36.2 Å². The highest BCUT2D eigenvalue weighted by Crippen LogP contribution is 2.14. The van der Waals surface area contributed by atoms with Gasteiger partial charge in [0.2, 0.25) is 0 Å². The van der Waals surface area contributed by atoms with Crippen LogP contribution in [0.5, 0.6) is 0 Å². The van der Waals surface area contributed by atoms with Crippen molar-refractivity contribution in [1.29, 1.82) is 0 Å². The van der Waals surface area contributed by atoms with E-state index in [1.165, 1.54) is 0 Å². The number of para-hydroxylation sites is 1. The molecule has 2 nitrogen and oxygen atoms in total. The van der Waals surface area contributed by atoms with Gasteiger partial charge in [0.15, 0.2) is 0 Å². The van der Waals surface area contributed by atoms with Crippen molar-refractivity contribution in [2.24, 2.45) is 0 Å². The molecule has 3 heteroatoms. The van der Waals surface area contributed by atoms with Crippen LogP contribution in [0.25, 0.3) is 5.69 Å². The minimum absolute atomic E-state index is 0.0997. The van der Waals surface area contributed by atoms with Gasteiger partial charge >= 0.3 is 0 Å². The van der Waals surface area contributed by atoms with E-state index >= 15 is 0 Å². The SMILES string of the molecule is BrCC[C@@H](C#Cc1ccccc1-n1cccc1)OCc1ccccc1. The van der Waals surface area contributed by atoms with Crippen molar-refractivity contribution in [1.82, 2.24) is 4.57 Å². The number of benzene rings is 2. The predicted molar refractivity (Wildman–Crippen MR) is 106 cm³/mol. The average Bonchev–Trinajstić information content (AvgIpc) is 3.20. The summed E-state index contributed by atoms with van der Waals surface area (Å²) in [5.41, 5.74) is 3.25. The summed E-state index contributed by atoms with van der Waals surface area (Å²) in [7, 11) is 0. The molecule has 0 spiro atoms. The number of ether oxygens (including phenoxy) is 1. The summed E-state index contributed by atoms with van der Waals surface area (Å²) >= 11 is 3.50. The molecule has 0 unspecified atom stereocenters. The molecule has 0 N–H and O–H groups in total. The molecule has 0 aliphatic carbocycles. The first-order chi connectivity index (χ1) is 12.4. The van der Waals surface area contributed by atoms with E-state index in [2.05, 4.69) is 50.5 Å². The molecular formula is C22H20BrNO. The lowest BCUT2D eigenvalue weighted by molar-refractivity contribution is 0.0768. The molecule has 0 saturated carbocycles. The van der Waals surface area contributed by atoms with Gasteiger partial charge in [-0.25, -0.2) is 0 Å². The molecule has 25 heavy (non-hydrogen) atoms. The van der Waals surface area contributed by atoms with Crippen molar-refractivity contribution in [3.8, 4) is 17.5 Å². The van der Waals surface area contributed by atoms with Crippen molar-refractivity contribution in [2.45, 2.75) is 19.1 Å². The molecule has 0 fully saturated rings. The number of halogens is 1. The maximum Gasteiger partial charge on any atom is 0.119 e. The van der Waals surface area contributed by atoms with Gasteiger partial charge in [0.1, 0.15) is 6.10 Å². The van der Waals surface area contributed by atoms with Crippen LogP contribution in [0.1, 0.15) is 17.5 Å². The van der Waals surface area contributed by atoms with Crippen LogP contribution in [0.2, 0.25) is 0 Å². The maximum atomic E-state index is 6.01. The van der Waals surface area contributed by atoms with Crippen LogP contribution >= 0.6 is 15.9 Å². The van der Waals surface area contributed by atoms with Crippen LogP contribution in [-0.2, 0) is 11.3 Å². The van der Waals surface area contributed by atoms with Crippen LogP contribution in [0, 0.1) is 11.8 Å². The molecule has 0 aliphatic heterocycles. The summed E-state index contributed by atoms with van der Waals surface area (Å²) in [4.78, 5) is 0. The second-order valence-corrected chi connectivity index (χ2v) is 6.43. The van der Waals surface area contributed by atoms with Crippen molar-refractivity contribution in [3.63, 3.8) is 0 Å². The lowest BCUT2D eigenvalue weighted by Crippen LogP contribution is -2.11. The van der Waals surface area contributed by atoms with Crippen LogP contribution in [-0.4, -0.2) is 16.0 Å². The van der Waals surface area contributed by atoms with Crippen molar-refractivity contribution in [2.75, 3.05) is 5.33 Å². The Morgan fingerprint density at radius 2 is 1.64 bits per heavy atom. The number of hydrogen-bond donors (Lipinski definition) is 0. The highest BCUT2D eigenvalue weighted by molar-refractivity contribution is 9.09. The first-order valence-corrected chi connectivity index (χ1v) is 9.44. The van der Waals surface area contributed by atoms with Gasteiger partial charge in [0.05, 0.1) is 12.3 Å². The highest BCUT2D eigenvalue weighted by atomic mass is 79.9. The molecule has 1 aromatic heterocycles. The van der Waals surface area contributed by atoms with Gasteiger partial charge in [0.25, 0.3) is 0 Å². The second kappa shape index (κ2) is 9.27. The van der Waals surface area contributed by atoms with E-state index in [1.807, 2.05) is 60.9 Å². The summed E-state index contributed by atoms with van der Waals surface area (Å²) in [6, 6.07) is 22.4. The summed E-state index contributed by atoms with van der Waals surface area (Å²) < 4.78 is 8.09. The third kappa shape index (κ3) is 5.09. The fraction of sp³-hybridized carbons (Fsp3) is 0.182. The normalized spacial score (nSPS) is 11.6. The standard InChI is InChI=1S/C22H20BrNO/c23-15-14-21(25-18-19-8-2-1-3-9-19)13-12-20-10-4-5-11-22(20)24-16-6-7-17-24/h1-11,16-17,21H,14-15,18H2/t21-/m1/s1. The van der Waals surface area contributed by atoms with Gasteiger partial charge in [-0.1, -0.05) is 70.2 Å². The summed E-state index contributed by atoms with van der Waals surface area (Å²) in [6.45, 7) is 0.576. The van der Waals surface area contributed by atoms with E-state index in [9.17, 15) is 0 Å². The average molecular weight is 394 g/mol. The molecule has 2 aromatic carbocycles. The molecule has 0 saturated heterocycles. The first-order valence-electron chi connectivity index (χ1n) is 8.32. The Morgan fingerprint density at radius 1 is 0.920 bits per heavy atom. The zero-order valence-corrected chi connectivity index (χ0v) is 15.5. The van der Waals surface area contributed by atoms with Crippen molar-refractivity contribution in [3.05, 3.63) is 90.3 Å². The topological polar surface area (TPSA) is 14.2 Å². The van der Waals surface area contributed by atoms with E-state index in [1.54, 1.807) is 0 Å². The van der Waals surface area contributed by atoms with Crippen molar-refractivity contribution < 1.29 is 4.74 Å². The van der Waals surface area contributed by atoms with E-state index in [4.69, 9.17) is 4.74 Å². The molecular weight excluding hydrogens is 374 g/mol. The Hall–Kier alpha value is -2.28. The molecule has 0 aliphatic rings. The molecule has 3 rings (SSSR count). The fourth-order valence-corrected chi connectivity index (χ4v) is 2.94. The zero-order valence-electron chi connectivity index (χ0n) is 13.9. The Labute approximate surface area is 157 Å². The summed E-state index contributed by atoms with van der Waals surface area (Å²) in [6.07, 6.45) is 4.81. The van der Waals surface area contributed by atoms with Gasteiger partial charge in [-0.3, -0.25) is 0 Å². The minimum atomic E-state index is -0.0997. The van der Waals surface area contributed by atoms with Crippen LogP contribution in [0.3, 0.4) is 0 Å². The third-order valence-electron chi connectivity index (χ3n) is 3.82. The van der Waals surface area contributed by atoms with E-state index in [0.717, 1.165) is 28.6 Å². The van der Waals surface area contributed by atoms with E-state index in [0.29, 0.717) is 6.61 Å². The number of hydrogen-bond acceptors (Lipinski definition) is 1. The number of aromatic nitrogens is 1. The molecule has 0 bridgehead atoms. The molecule has 1 heterocycles. The molecule has 0 radical (unpaired) electrons. The Kier molecular flexibility index (Phi) is 6.50. The zero-order chi connectivity index (χ0) is 17.3. The van der Waals surface area contributed by atoms with Crippen molar-refractivity contribution >= 4 is 15.9 Å². The Balaban J connectivity index is 1.75. The van der Waals surface area contributed by atoms with Gasteiger partial charge in [-0.2, -0.15) is 0 Å². The lowest BCUT2D eigenvalue weighted by atomic mass is 10.1. The third-order valence-corrected chi connectivity index (χ3v) is 4.28. The first kappa shape index (κ1) is 17.5. The van der Waals surface area contributed by atoms with Gasteiger partial charge in [0, 0.05) is 23.3 Å². The number of rotatable bonds is 6. The van der Waals surface area contributed by atoms with E-state index in [-0.39, 0.29) is 6.10 Å². The van der Waals surface area contributed by atoms with Crippen LogP contribution in [0.4, 0.5) is 0 Å². The molecule has 1 atom stereocenters. The lowest BCUT2D eigenvalue weighted by Gasteiger charge is -2.11. The molecule has 126 valence electrons. The Morgan fingerprint density at radius 3 is 2.40 bits per heavy atom. The monoisotopic (exact) mass is 393 g/mol. The van der Waals surface area contributed by atoms with Crippen LogP contribution in [0.15, 0.2) is 79.1 Å².